The van der Waals surface area contributed by atoms with Crippen molar-refractivity contribution in [2.24, 2.45) is 5.92 Å². The van der Waals surface area contributed by atoms with Crippen LogP contribution in [0.5, 0.6) is 11.5 Å². The number of ketones is 2. The molecule has 10 heteroatoms. The van der Waals surface area contributed by atoms with Crippen LogP contribution in [-0.2, 0) is 14.3 Å². The van der Waals surface area contributed by atoms with E-state index in [1.807, 2.05) is 0 Å². The van der Waals surface area contributed by atoms with Crippen molar-refractivity contribution >= 4 is 17.5 Å². The summed E-state index contributed by atoms with van der Waals surface area (Å²) in [4.78, 5) is 33.9. The monoisotopic (exact) mass is 426 g/mol. The van der Waals surface area contributed by atoms with Gasteiger partial charge in [0.15, 0.2) is 23.1 Å². The zero-order valence-electron chi connectivity index (χ0n) is 16.4. The molecule has 0 saturated heterocycles. The van der Waals surface area contributed by atoms with Crippen molar-refractivity contribution in [1.29, 1.82) is 0 Å². The Kier molecular flexibility index (Phi) is 9.80. The number of aliphatic carboxylic acids is 1. The molecule has 0 heterocycles. The van der Waals surface area contributed by atoms with Crippen LogP contribution in [0.3, 0.4) is 0 Å². The van der Waals surface area contributed by atoms with E-state index in [2.05, 4.69) is 0 Å². The van der Waals surface area contributed by atoms with Gasteiger partial charge < -0.3 is 34.7 Å². The van der Waals surface area contributed by atoms with Gasteiger partial charge >= 0.3 is 29.6 Å². The first-order chi connectivity index (χ1) is 13.7. The molecule has 3 N–H and O–H groups in total. The van der Waals surface area contributed by atoms with Gasteiger partial charge in [-0.1, -0.05) is 6.08 Å². The van der Waals surface area contributed by atoms with Crippen LogP contribution >= 0.6 is 0 Å². The number of carbonyl (C=O) groups is 3. The van der Waals surface area contributed by atoms with Gasteiger partial charge in [-0.05, 0) is 30.4 Å². The van der Waals surface area contributed by atoms with Crippen molar-refractivity contribution in [3.8, 4) is 11.5 Å². The quantitative estimate of drug-likeness (QED) is 0.164. The number of aliphatic hydroxyl groups excluding tert-OH is 2. The third kappa shape index (κ3) is 7.03. The van der Waals surface area contributed by atoms with Crippen molar-refractivity contribution < 1.29 is 73.8 Å². The second-order valence-corrected chi connectivity index (χ2v) is 6.14. The number of hydrogen-bond donors (Lipinski definition) is 3. The second kappa shape index (κ2) is 11.6. The van der Waals surface area contributed by atoms with E-state index in [0.29, 0.717) is 0 Å². The molecule has 1 aromatic carbocycles. The van der Waals surface area contributed by atoms with Crippen molar-refractivity contribution in [2.75, 3.05) is 13.7 Å². The SMILES string of the molecule is COc1ccc(C(=O)C=CC2C(O)=CC(OCC(=O)CC(=O)[O-])=CC2O)cc1O.[Na+]. The number of phenols is 1. The molecular weight excluding hydrogens is 407 g/mol. The normalized spacial score (nSPS) is 18.1. The molecule has 0 fully saturated rings. The Hall–Kier alpha value is -2.59. The van der Waals surface area contributed by atoms with Crippen LogP contribution in [0.2, 0.25) is 0 Å². The number of aromatic hydroxyl groups is 1. The molecule has 154 valence electrons. The van der Waals surface area contributed by atoms with E-state index in [-0.39, 0.29) is 58.1 Å². The minimum Gasteiger partial charge on any atom is -0.550 e. The predicted octanol–water partition coefficient (Wildman–Crippen LogP) is -2.81. The fourth-order valence-electron chi connectivity index (χ4n) is 2.55. The van der Waals surface area contributed by atoms with Gasteiger partial charge in [0, 0.05) is 24.0 Å². The molecule has 2 rings (SSSR count). The summed E-state index contributed by atoms with van der Waals surface area (Å²) >= 11 is 0. The molecule has 0 bridgehead atoms. The Balaban J connectivity index is 0.00000450. The molecular formula is C20H19NaO9. The van der Waals surface area contributed by atoms with Gasteiger partial charge in [0.2, 0.25) is 0 Å². The molecule has 0 aliphatic heterocycles. The predicted molar refractivity (Wildman–Crippen MR) is 97.0 cm³/mol. The zero-order valence-corrected chi connectivity index (χ0v) is 18.4. The number of methoxy groups -OCH3 is 1. The number of benzene rings is 1. The minimum absolute atomic E-state index is 0. The van der Waals surface area contributed by atoms with Crippen LogP contribution < -0.4 is 39.4 Å². The van der Waals surface area contributed by atoms with E-state index < -0.39 is 42.6 Å². The van der Waals surface area contributed by atoms with Gasteiger partial charge in [-0.15, -0.1) is 0 Å². The summed E-state index contributed by atoms with van der Waals surface area (Å²) in [5, 5.41) is 40.3. The Morgan fingerprint density at radius 2 is 1.93 bits per heavy atom. The van der Waals surface area contributed by atoms with Crippen molar-refractivity contribution in [1.82, 2.24) is 0 Å². The Morgan fingerprint density at radius 3 is 2.50 bits per heavy atom. The molecule has 30 heavy (non-hydrogen) atoms. The summed E-state index contributed by atoms with van der Waals surface area (Å²) in [5.74, 6) is -3.99. The van der Waals surface area contributed by atoms with Gasteiger partial charge in [0.1, 0.15) is 18.1 Å². The Labute approximate surface area is 194 Å². The van der Waals surface area contributed by atoms with E-state index in [9.17, 15) is 34.8 Å². The van der Waals surface area contributed by atoms with E-state index >= 15 is 0 Å². The average Bonchev–Trinajstić information content (AvgIpc) is 2.65. The molecule has 2 unspecified atom stereocenters. The van der Waals surface area contributed by atoms with Gasteiger partial charge in [-0.25, -0.2) is 0 Å². The van der Waals surface area contributed by atoms with Gasteiger partial charge in [-0.2, -0.15) is 0 Å². The average molecular weight is 426 g/mol. The van der Waals surface area contributed by atoms with Crippen molar-refractivity contribution in [2.45, 2.75) is 12.5 Å². The van der Waals surface area contributed by atoms with Crippen LogP contribution in [0.15, 0.2) is 54.0 Å². The third-order valence-electron chi connectivity index (χ3n) is 3.99. The van der Waals surface area contributed by atoms with E-state index in [1.165, 1.54) is 37.5 Å². The maximum Gasteiger partial charge on any atom is 1.00 e. The van der Waals surface area contributed by atoms with Gasteiger partial charge in [-0.3, -0.25) is 9.59 Å². The number of carboxylic acid groups (broad SMARTS) is 1. The molecule has 0 spiro atoms. The first kappa shape index (κ1) is 25.4. The third-order valence-corrected chi connectivity index (χ3v) is 3.99. The van der Waals surface area contributed by atoms with Crippen molar-refractivity contribution in [3.63, 3.8) is 0 Å². The molecule has 1 aromatic rings. The molecule has 0 amide bonds. The van der Waals surface area contributed by atoms with Crippen molar-refractivity contribution in [3.05, 3.63) is 59.6 Å². The molecule has 0 saturated carbocycles. The first-order valence-corrected chi connectivity index (χ1v) is 8.45. The van der Waals surface area contributed by atoms with Crippen LogP contribution in [0.1, 0.15) is 16.8 Å². The molecule has 1 aliphatic rings. The zero-order chi connectivity index (χ0) is 21.6. The summed E-state index contributed by atoms with van der Waals surface area (Å²) in [6.07, 6.45) is 2.73. The van der Waals surface area contributed by atoms with Crippen LogP contribution in [0.25, 0.3) is 0 Å². The minimum atomic E-state index is -1.53. The van der Waals surface area contributed by atoms with Gasteiger partial charge in [0.25, 0.3) is 0 Å². The summed E-state index contributed by atoms with van der Waals surface area (Å²) in [6, 6.07) is 4.11. The number of rotatable bonds is 9. The second-order valence-electron chi connectivity index (χ2n) is 6.14. The summed E-state index contributed by atoms with van der Waals surface area (Å²) in [6.45, 7) is -0.559. The Morgan fingerprint density at radius 1 is 1.23 bits per heavy atom. The Bertz CT molecular complexity index is 902. The number of ether oxygens (including phenoxy) is 2. The standard InChI is InChI=1S/C20H20O9.Na/c1-28-19-5-2-11(6-18(19)25)15(22)4-3-14-16(23)8-13(9-17(14)24)29-10-12(21)7-20(26)27;/h2-6,8-9,14,16,23-25H,7,10H2,1H3,(H,26,27);/q;+1/p-1. The molecule has 9 nitrogen and oxygen atoms in total. The fraction of sp³-hybridized carbons (Fsp3) is 0.250. The number of Topliss-reactive ketones (excluding diaryl/α,β-unsaturated/α-hetero) is 1. The fourth-order valence-corrected chi connectivity index (χ4v) is 2.55. The van der Waals surface area contributed by atoms with E-state index in [1.54, 1.807) is 0 Å². The number of hydrogen-bond acceptors (Lipinski definition) is 9. The number of carboxylic acids is 1. The summed E-state index contributed by atoms with van der Waals surface area (Å²) in [5.41, 5.74) is 0.180. The van der Waals surface area contributed by atoms with Crippen LogP contribution in [-0.4, -0.2) is 52.7 Å². The van der Waals surface area contributed by atoms with Crippen LogP contribution in [0.4, 0.5) is 0 Å². The maximum atomic E-state index is 12.2. The molecule has 2 atom stereocenters. The van der Waals surface area contributed by atoms with Crippen LogP contribution in [0, 0.1) is 5.92 Å². The summed E-state index contributed by atoms with van der Waals surface area (Å²) < 4.78 is 9.96. The van der Waals surface area contributed by atoms with E-state index in [4.69, 9.17) is 9.47 Å². The molecule has 0 radical (unpaired) electrons. The van der Waals surface area contributed by atoms with Gasteiger partial charge in [0.05, 0.1) is 19.1 Å². The largest absolute Gasteiger partial charge is 1.00 e. The number of aliphatic hydroxyl groups is 2. The topological polar surface area (TPSA) is 153 Å². The maximum absolute atomic E-state index is 12.2. The van der Waals surface area contributed by atoms with E-state index in [0.717, 1.165) is 12.2 Å². The number of allylic oxidation sites excluding steroid dienone is 2. The molecule has 0 aromatic heterocycles. The first-order valence-electron chi connectivity index (χ1n) is 8.45. The summed E-state index contributed by atoms with van der Waals surface area (Å²) in [7, 11) is 1.38. The number of phenolic OH excluding ortho intramolecular Hbond substituents is 1. The number of carbonyl (C=O) groups excluding carboxylic acids is 3. The smallest absolute Gasteiger partial charge is 0.550 e. The molecule has 1 aliphatic carbocycles.